The third-order valence-corrected chi connectivity index (χ3v) is 4.27. The first-order chi connectivity index (χ1) is 10.3. The second-order valence-electron chi connectivity index (χ2n) is 4.31. The highest BCUT2D eigenvalue weighted by Gasteiger charge is 2.34. The number of amides is 1. The molecule has 1 aromatic heterocycles. The number of nitrogens with one attached hydrogen (secondary N) is 1. The first kappa shape index (κ1) is 16.4. The molecule has 0 aromatic carbocycles. The molecule has 1 amide bonds. The molecule has 0 radical (unpaired) electrons. The largest absolute Gasteiger partial charge is 0.468 e. The van der Waals surface area contributed by atoms with Crippen LogP contribution in [0.15, 0.2) is 10.2 Å². The lowest BCUT2D eigenvalue weighted by Gasteiger charge is -2.19. The zero-order valence-corrected chi connectivity index (χ0v) is 13.4. The summed E-state index contributed by atoms with van der Waals surface area (Å²) in [4.78, 5) is 16.1. The van der Waals surface area contributed by atoms with E-state index in [0.29, 0.717) is 0 Å². The van der Waals surface area contributed by atoms with E-state index >= 15 is 0 Å². The summed E-state index contributed by atoms with van der Waals surface area (Å²) in [6.07, 6.45) is -1.51. The van der Waals surface area contributed by atoms with Crippen molar-refractivity contribution in [1.29, 1.82) is 0 Å². The van der Waals surface area contributed by atoms with Crippen molar-refractivity contribution in [3.8, 4) is 0 Å². The molecule has 2 rings (SSSR count). The maximum atomic E-state index is 12.3. The van der Waals surface area contributed by atoms with Gasteiger partial charge in [-0.3, -0.25) is 4.68 Å². The molecule has 122 valence electrons. The maximum absolute atomic E-state index is 12.3. The Bertz CT molecular complexity index is 728. The van der Waals surface area contributed by atoms with Gasteiger partial charge in [0.05, 0.1) is 7.11 Å². The van der Waals surface area contributed by atoms with Gasteiger partial charge in [-0.2, -0.15) is 13.5 Å². The number of carbonyl (C=O) groups excluding carboxylic acids is 1. The average molecular weight is 353 g/mol. The van der Waals surface area contributed by atoms with Crippen LogP contribution < -0.4 is 4.72 Å². The molecule has 1 unspecified atom stereocenters. The first-order valence-corrected chi connectivity index (χ1v) is 7.82. The SMILES string of the molecule is COC(=O)NS(=O)(=O)c1c(C2=NOCC(C)O2)c(Cl)nn1C. The second-order valence-corrected chi connectivity index (χ2v) is 6.27. The fourth-order valence-electron chi connectivity index (χ4n) is 1.72. The van der Waals surface area contributed by atoms with Crippen molar-refractivity contribution < 1.29 is 27.5 Å². The second kappa shape index (κ2) is 6.01. The van der Waals surface area contributed by atoms with Gasteiger partial charge in [-0.1, -0.05) is 11.6 Å². The van der Waals surface area contributed by atoms with E-state index in [1.807, 2.05) is 0 Å². The van der Waals surface area contributed by atoms with Crippen molar-refractivity contribution in [2.75, 3.05) is 13.7 Å². The van der Waals surface area contributed by atoms with E-state index in [0.717, 1.165) is 11.8 Å². The van der Waals surface area contributed by atoms with Crippen molar-refractivity contribution in [3.05, 3.63) is 10.7 Å². The van der Waals surface area contributed by atoms with Crippen LogP contribution in [0.3, 0.4) is 0 Å². The lowest BCUT2D eigenvalue weighted by Crippen LogP contribution is -2.33. The third kappa shape index (κ3) is 3.09. The summed E-state index contributed by atoms with van der Waals surface area (Å²) in [5.74, 6) is -0.137. The topological polar surface area (TPSA) is 121 Å². The Kier molecular flexibility index (Phi) is 4.47. The molecule has 0 saturated heterocycles. The molecule has 1 aromatic rings. The molecule has 22 heavy (non-hydrogen) atoms. The van der Waals surface area contributed by atoms with Gasteiger partial charge >= 0.3 is 6.09 Å². The van der Waals surface area contributed by atoms with Crippen LogP contribution in [0.5, 0.6) is 0 Å². The van der Waals surface area contributed by atoms with Crippen LogP contribution in [-0.2, 0) is 31.4 Å². The number of methoxy groups -OCH3 is 1. The number of aromatic nitrogens is 2. The molecule has 0 aliphatic carbocycles. The van der Waals surface area contributed by atoms with Crippen LogP contribution >= 0.6 is 11.6 Å². The molecule has 12 heteroatoms. The van der Waals surface area contributed by atoms with Crippen molar-refractivity contribution >= 4 is 33.6 Å². The van der Waals surface area contributed by atoms with Gasteiger partial charge in [0.25, 0.3) is 15.9 Å². The minimum absolute atomic E-state index is 0.105. The summed E-state index contributed by atoms with van der Waals surface area (Å²) in [6, 6.07) is 0. The summed E-state index contributed by atoms with van der Waals surface area (Å²) in [6.45, 7) is 1.92. The predicted molar refractivity (Wildman–Crippen MR) is 74.0 cm³/mol. The highest BCUT2D eigenvalue weighted by atomic mass is 35.5. The number of hydrogen-bond acceptors (Lipinski definition) is 8. The zero-order valence-electron chi connectivity index (χ0n) is 11.9. The quantitative estimate of drug-likeness (QED) is 0.825. The van der Waals surface area contributed by atoms with Crippen LogP contribution in [0.1, 0.15) is 12.5 Å². The van der Waals surface area contributed by atoms with Gasteiger partial charge in [-0.25, -0.2) is 9.52 Å². The monoisotopic (exact) mass is 352 g/mol. The highest BCUT2D eigenvalue weighted by molar-refractivity contribution is 7.90. The number of hydrogen-bond donors (Lipinski definition) is 1. The summed E-state index contributed by atoms with van der Waals surface area (Å²) in [7, 11) is -1.93. The van der Waals surface area contributed by atoms with Crippen molar-refractivity contribution in [2.45, 2.75) is 18.1 Å². The Balaban J connectivity index is 2.53. The fourth-order valence-corrected chi connectivity index (χ4v) is 3.30. The molecular formula is C10H13ClN4O6S. The predicted octanol–water partition coefficient (Wildman–Crippen LogP) is 0.215. The Hall–Kier alpha value is -2.01. The lowest BCUT2D eigenvalue weighted by atomic mass is 10.3. The molecule has 0 spiro atoms. The number of rotatable bonds is 3. The maximum Gasteiger partial charge on any atom is 0.420 e. The van der Waals surface area contributed by atoms with Crippen LogP contribution in [0.4, 0.5) is 4.79 Å². The Labute approximate surface area is 131 Å². The van der Waals surface area contributed by atoms with Crippen molar-refractivity contribution in [1.82, 2.24) is 14.5 Å². The number of aryl methyl sites for hydroxylation is 1. The van der Waals surface area contributed by atoms with Gasteiger partial charge in [0.2, 0.25) is 0 Å². The van der Waals surface area contributed by atoms with Gasteiger partial charge in [0.15, 0.2) is 16.8 Å². The number of halogens is 1. The van der Waals surface area contributed by atoms with Gasteiger partial charge < -0.3 is 14.3 Å². The van der Waals surface area contributed by atoms with E-state index in [-0.39, 0.29) is 29.3 Å². The number of ether oxygens (including phenoxy) is 2. The summed E-state index contributed by atoms with van der Waals surface area (Å²) >= 11 is 5.95. The zero-order chi connectivity index (χ0) is 16.5. The number of nitrogens with zero attached hydrogens (tertiary/aromatic N) is 3. The minimum atomic E-state index is -4.30. The van der Waals surface area contributed by atoms with Crippen LogP contribution in [-0.4, -0.2) is 50.0 Å². The van der Waals surface area contributed by atoms with Crippen LogP contribution in [0, 0.1) is 0 Å². The van der Waals surface area contributed by atoms with Gasteiger partial charge in [-0.15, -0.1) is 0 Å². The van der Waals surface area contributed by atoms with E-state index in [1.165, 1.54) is 7.05 Å². The summed E-state index contributed by atoms with van der Waals surface area (Å²) < 4.78 is 37.0. The number of oxime groups is 1. The van der Waals surface area contributed by atoms with Gasteiger partial charge in [0, 0.05) is 7.05 Å². The van der Waals surface area contributed by atoms with Gasteiger partial charge in [-0.05, 0) is 12.1 Å². The Morgan fingerprint density at radius 1 is 1.55 bits per heavy atom. The molecule has 1 N–H and O–H groups in total. The van der Waals surface area contributed by atoms with Crippen molar-refractivity contribution in [2.24, 2.45) is 12.2 Å². The van der Waals surface area contributed by atoms with E-state index in [1.54, 1.807) is 11.6 Å². The normalized spacial score (nSPS) is 18.0. The number of carbonyl (C=O) groups is 1. The van der Waals surface area contributed by atoms with E-state index in [4.69, 9.17) is 21.2 Å². The molecule has 1 aliphatic rings. The standard InChI is InChI=1S/C10H13ClN4O6S/c1-5-4-20-13-8(21-5)6-7(11)12-15(2)9(6)22(17,18)14-10(16)19-3/h5H,4H2,1-3H3,(H,14,16). The van der Waals surface area contributed by atoms with Crippen molar-refractivity contribution in [3.63, 3.8) is 0 Å². The first-order valence-electron chi connectivity index (χ1n) is 5.96. The summed E-state index contributed by atoms with van der Waals surface area (Å²) in [5, 5.41) is 6.88. The number of sulfonamides is 1. The van der Waals surface area contributed by atoms with E-state index in [2.05, 4.69) is 15.0 Å². The fraction of sp³-hybridized carbons (Fsp3) is 0.500. The molecule has 1 atom stereocenters. The molecule has 0 fully saturated rings. The molecule has 0 saturated carbocycles. The van der Waals surface area contributed by atoms with Gasteiger partial charge in [0.1, 0.15) is 11.7 Å². The Morgan fingerprint density at radius 3 is 2.82 bits per heavy atom. The molecule has 0 bridgehead atoms. The smallest absolute Gasteiger partial charge is 0.420 e. The average Bonchev–Trinajstić information content (AvgIpc) is 2.73. The molecule has 2 heterocycles. The van der Waals surface area contributed by atoms with Crippen LogP contribution in [0.25, 0.3) is 0 Å². The summed E-state index contributed by atoms with van der Waals surface area (Å²) in [5.41, 5.74) is -0.105. The lowest BCUT2D eigenvalue weighted by molar-refractivity contribution is 0.0194. The van der Waals surface area contributed by atoms with E-state index < -0.39 is 21.1 Å². The molecular weight excluding hydrogens is 340 g/mol. The van der Waals surface area contributed by atoms with Crippen LogP contribution in [0.2, 0.25) is 5.15 Å². The van der Waals surface area contributed by atoms with E-state index in [9.17, 15) is 13.2 Å². The third-order valence-electron chi connectivity index (χ3n) is 2.59. The molecule has 1 aliphatic heterocycles. The minimum Gasteiger partial charge on any atom is -0.468 e. The highest BCUT2D eigenvalue weighted by Crippen LogP contribution is 2.26. The molecule has 10 nitrogen and oxygen atoms in total. The Morgan fingerprint density at radius 2 is 2.23 bits per heavy atom.